The molecule has 5 heteroatoms. The van der Waals surface area contributed by atoms with Crippen molar-refractivity contribution in [3.8, 4) is 11.5 Å². The van der Waals surface area contributed by atoms with Crippen LogP contribution in [0.1, 0.15) is 48.5 Å². The van der Waals surface area contributed by atoms with Crippen molar-refractivity contribution in [2.24, 2.45) is 5.92 Å². The molecule has 2 aliphatic rings. The second kappa shape index (κ2) is 10.7. The molecular weight excluding hydrogens is 388 g/mol. The van der Waals surface area contributed by atoms with E-state index >= 15 is 0 Å². The van der Waals surface area contributed by atoms with Crippen LogP contribution in [0.4, 0.5) is 0 Å². The Bertz CT molecular complexity index is 863. The van der Waals surface area contributed by atoms with Gasteiger partial charge in [0.1, 0.15) is 11.5 Å². The van der Waals surface area contributed by atoms with E-state index in [4.69, 9.17) is 9.47 Å². The Labute approximate surface area is 185 Å². The van der Waals surface area contributed by atoms with E-state index in [0.717, 1.165) is 63.5 Å². The van der Waals surface area contributed by atoms with Crippen molar-refractivity contribution >= 4 is 5.91 Å². The summed E-state index contributed by atoms with van der Waals surface area (Å²) >= 11 is 0. The Morgan fingerprint density at radius 2 is 1.84 bits per heavy atom. The van der Waals surface area contributed by atoms with Crippen molar-refractivity contribution in [1.82, 2.24) is 9.80 Å². The van der Waals surface area contributed by atoms with Gasteiger partial charge in [-0.2, -0.15) is 0 Å². The molecule has 4 rings (SSSR count). The maximum atomic E-state index is 12.9. The lowest BCUT2D eigenvalue weighted by Gasteiger charge is -2.32. The number of carbonyl (C=O) groups is 1. The monoisotopic (exact) mass is 422 g/mol. The first-order valence-corrected chi connectivity index (χ1v) is 11.7. The zero-order valence-electron chi connectivity index (χ0n) is 18.6. The van der Waals surface area contributed by atoms with Crippen LogP contribution >= 0.6 is 0 Å². The zero-order chi connectivity index (χ0) is 21.5. The van der Waals surface area contributed by atoms with Gasteiger partial charge in [0.25, 0.3) is 5.91 Å². The second-order valence-corrected chi connectivity index (χ2v) is 8.63. The molecule has 2 aromatic carbocycles. The van der Waals surface area contributed by atoms with Gasteiger partial charge in [0.2, 0.25) is 0 Å². The number of rotatable bonds is 8. The van der Waals surface area contributed by atoms with Gasteiger partial charge in [0.15, 0.2) is 0 Å². The molecule has 2 saturated heterocycles. The maximum Gasteiger partial charge on any atom is 0.257 e. The molecule has 0 spiro atoms. The molecule has 2 heterocycles. The maximum absolute atomic E-state index is 12.9. The zero-order valence-corrected chi connectivity index (χ0v) is 18.6. The molecule has 0 aliphatic carbocycles. The lowest BCUT2D eigenvalue weighted by Crippen LogP contribution is -2.37. The van der Waals surface area contributed by atoms with Crippen LogP contribution in [0.3, 0.4) is 0 Å². The average molecular weight is 423 g/mol. The third-order valence-corrected chi connectivity index (χ3v) is 6.20. The van der Waals surface area contributed by atoms with Crippen molar-refractivity contribution in [2.75, 3.05) is 39.4 Å². The summed E-state index contributed by atoms with van der Waals surface area (Å²) in [5, 5.41) is 0. The van der Waals surface area contributed by atoms with Gasteiger partial charge in [0, 0.05) is 32.1 Å². The minimum absolute atomic E-state index is 0.104. The predicted molar refractivity (Wildman–Crippen MR) is 123 cm³/mol. The van der Waals surface area contributed by atoms with Gasteiger partial charge in [-0.15, -0.1) is 0 Å². The minimum atomic E-state index is 0.104. The molecule has 1 atom stereocenters. The van der Waals surface area contributed by atoms with Crippen LogP contribution in [0.2, 0.25) is 0 Å². The first-order valence-electron chi connectivity index (χ1n) is 11.7. The van der Waals surface area contributed by atoms with Crippen molar-refractivity contribution in [2.45, 2.75) is 39.2 Å². The van der Waals surface area contributed by atoms with E-state index in [1.165, 1.54) is 12.0 Å². The molecule has 5 nitrogen and oxygen atoms in total. The van der Waals surface area contributed by atoms with E-state index < -0.39 is 0 Å². The van der Waals surface area contributed by atoms with Crippen molar-refractivity contribution < 1.29 is 14.3 Å². The van der Waals surface area contributed by atoms with E-state index in [0.29, 0.717) is 24.7 Å². The molecule has 2 aliphatic heterocycles. The third kappa shape index (κ3) is 5.79. The number of hydrogen-bond acceptors (Lipinski definition) is 4. The number of hydrogen-bond donors (Lipinski definition) is 0. The summed E-state index contributed by atoms with van der Waals surface area (Å²) in [4.78, 5) is 17.3. The molecule has 166 valence electrons. The first-order chi connectivity index (χ1) is 15.2. The van der Waals surface area contributed by atoms with Crippen LogP contribution in [0, 0.1) is 5.92 Å². The molecule has 0 N–H and O–H groups in total. The Balaban J connectivity index is 1.33. The van der Waals surface area contributed by atoms with Crippen molar-refractivity contribution in [3.05, 3.63) is 59.7 Å². The summed E-state index contributed by atoms with van der Waals surface area (Å²) in [5.74, 6) is 2.24. The number of likely N-dealkylation sites (tertiary alicyclic amines) is 2. The number of piperidine rings is 1. The second-order valence-electron chi connectivity index (χ2n) is 8.63. The minimum Gasteiger partial charge on any atom is -0.494 e. The lowest BCUT2D eigenvalue weighted by molar-refractivity contribution is 0.0784. The number of benzene rings is 2. The van der Waals surface area contributed by atoms with E-state index in [9.17, 15) is 4.79 Å². The van der Waals surface area contributed by atoms with Gasteiger partial charge in [-0.25, -0.2) is 0 Å². The predicted octanol–water partition coefficient (Wildman–Crippen LogP) is 4.61. The summed E-state index contributed by atoms with van der Waals surface area (Å²) in [6.45, 7) is 8.12. The first kappa shape index (κ1) is 21.7. The van der Waals surface area contributed by atoms with Gasteiger partial charge in [0.05, 0.1) is 18.8 Å². The number of ether oxygens (including phenoxy) is 2. The summed E-state index contributed by atoms with van der Waals surface area (Å²) in [6, 6.07) is 16.1. The van der Waals surface area contributed by atoms with Crippen LogP contribution in [0.15, 0.2) is 48.5 Å². The molecule has 0 aromatic heterocycles. The fourth-order valence-corrected chi connectivity index (χ4v) is 4.66. The molecule has 1 amide bonds. The smallest absolute Gasteiger partial charge is 0.257 e. The Morgan fingerprint density at radius 3 is 2.68 bits per heavy atom. The van der Waals surface area contributed by atoms with E-state index in [-0.39, 0.29) is 5.91 Å². The van der Waals surface area contributed by atoms with Crippen LogP contribution in [-0.4, -0.2) is 55.1 Å². The molecular formula is C26H34N2O3. The van der Waals surface area contributed by atoms with Gasteiger partial charge >= 0.3 is 0 Å². The van der Waals surface area contributed by atoms with Gasteiger partial charge in [-0.05, 0) is 69.0 Å². The van der Waals surface area contributed by atoms with Gasteiger partial charge in [-0.3, -0.25) is 9.69 Å². The fraction of sp³-hybridized carbons (Fsp3) is 0.500. The van der Waals surface area contributed by atoms with Gasteiger partial charge in [-0.1, -0.05) is 24.3 Å². The number of nitrogens with zero attached hydrogens (tertiary/aromatic N) is 2. The number of para-hydroxylation sites is 1. The number of carbonyl (C=O) groups excluding carboxylic acids is 1. The average Bonchev–Trinajstić information content (AvgIpc) is 3.33. The van der Waals surface area contributed by atoms with Crippen LogP contribution < -0.4 is 9.47 Å². The Morgan fingerprint density at radius 1 is 1.00 bits per heavy atom. The highest BCUT2D eigenvalue weighted by Gasteiger charge is 2.24. The molecule has 0 radical (unpaired) electrons. The fourth-order valence-electron chi connectivity index (χ4n) is 4.66. The molecule has 0 bridgehead atoms. The standard InChI is InChI=1S/C26H34N2O3/c1-2-30-23-11-7-9-21(17-23)18-27-14-8-10-22(19-27)20-31-25-13-4-3-12-24(25)26(29)28-15-5-6-16-28/h3-4,7,9,11-13,17,22H,2,5-6,8,10,14-16,18-20H2,1H3. The largest absolute Gasteiger partial charge is 0.494 e. The van der Waals surface area contributed by atoms with E-state index in [2.05, 4.69) is 23.1 Å². The van der Waals surface area contributed by atoms with Gasteiger partial charge < -0.3 is 14.4 Å². The van der Waals surface area contributed by atoms with Crippen LogP contribution in [0.5, 0.6) is 11.5 Å². The Hall–Kier alpha value is -2.53. The SMILES string of the molecule is CCOc1cccc(CN2CCCC(COc3ccccc3C(=O)N3CCCC3)C2)c1. The third-order valence-electron chi connectivity index (χ3n) is 6.20. The van der Waals surface area contributed by atoms with Crippen molar-refractivity contribution in [3.63, 3.8) is 0 Å². The summed E-state index contributed by atoms with van der Waals surface area (Å²) in [6.07, 6.45) is 4.53. The van der Waals surface area contributed by atoms with E-state index in [1.54, 1.807) is 0 Å². The van der Waals surface area contributed by atoms with Crippen LogP contribution in [-0.2, 0) is 6.54 Å². The highest BCUT2D eigenvalue weighted by atomic mass is 16.5. The lowest BCUT2D eigenvalue weighted by atomic mass is 9.98. The number of amides is 1. The van der Waals surface area contributed by atoms with Crippen molar-refractivity contribution in [1.29, 1.82) is 0 Å². The quantitative estimate of drug-likeness (QED) is 0.623. The summed E-state index contributed by atoms with van der Waals surface area (Å²) in [5.41, 5.74) is 1.99. The summed E-state index contributed by atoms with van der Waals surface area (Å²) < 4.78 is 11.9. The molecule has 1 unspecified atom stereocenters. The molecule has 2 fully saturated rings. The molecule has 0 saturated carbocycles. The van der Waals surface area contributed by atoms with E-state index in [1.807, 2.05) is 42.2 Å². The highest BCUT2D eigenvalue weighted by Crippen LogP contribution is 2.25. The summed E-state index contributed by atoms with van der Waals surface area (Å²) in [7, 11) is 0. The molecule has 31 heavy (non-hydrogen) atoms. The Kier molecular flexibility index (Phi) is 7.47. The van der Waals surface area contributed by atoms with Crippen LogP contribution in [0.25, 0.3) is 0 Å². The topological polar surface area (TPSA) is 42.0 Å². The normalized spacial score (nSPS) is 19.4. The highest BCUT2D eigenvalue weighted by molar-refractivity contribution is 5.97. The molecule has 2 aromatic rings.